The minimum absolute atomic E-state index is 0.0485. The molecule has 0 amide bonds. The first-order valence-electron chi connectivity index (χ1n) is 6.81. The second kappa shape index (κ2) is 7.87. The molecule has 2 N–H and O–H groups in total. The predicted molar refractivity (Wildman–Crippen MR) is 81.1 cm³/mol. The average molecular weight is 315 g/mol. The van der Waals surface area contributed by atoms with Crippen LogP contribution in [0.4, 0.5) is 5.69 Å². The number of sulfonamides is 1. The van der Waals surface area contributed by atoms with Gasteiger partial charge >= 0.3 is 5.97 Å². The molecule has 0 aromatic heterocycles. The van der Waals surface area contributed by atoms with Crippen molar-refractivity contribution in [2.24, 2.45) is 0 Å². The van der Waals surface area contributed by atoms with Crippen molar-refractivity contribution < 1.29 is 23.1 Å². The summed E-state index contributed by atoms with van der Waals surface area (Å²) < 4.78 is 31.7. The van der Waals surface area contributed by atoms with E-state index in [-0.39, 0.29) is 24.7 Å². The number of benzene rings is 1. The molecule has 1 atom stereocenters. The molecule has 0 saturated heterocycles. The fourth-order valence-corrected chi connectivity index (χ4v) is 2.71. The Bertz CT molecular complexity index is 570. The highest BCUT2D eigenvalue weighted by atomic mass is 32.2. The van der Waals surface area contributed by atoms with E-state index in [1.54, 1.807) is 24.3 Å². The van der Waals surface area contributed by atoms with Gasteiger partial charge in [-0.3, -0.25) is 9.52 Å². The number of hydrogen-bond acceptors (Lipinski definition) is 4. The molecule has 0 bridgehead atoms. The van der Waals surface area contributed by atoms with Gasteiger partial charge in [0.25, 0.3) is 0 Å². The summed E-state index contributed by atoms with van der Waals surface area (Å²) in [5, 5.41) is 8.51. The number of ether oxygens (including phenoxy) is 1. The lowest BCUT2D eigenvalue weighted by Crippen LogP contribution is -2.17. The minimum Gasteiger partial charge on any atom is -0.491 e. The van der Waals surface area contributed by atoms with Crippen LogP contribution in [0, 0.1) is 0 Å². The van der Waals surface area contributed by atoms with Gasteiger partial charge in [0, 0.05) is 12.5 Å². The van der Waals surface area contributed by atoms with Gasteiger partial charge in [0.15, 0.2) is 0 Å². The van der Waals surface area contributed by atoms with Crippen molar-refractivity contribution in [2.45, 2.75) is 39.2 Å². The number of nitrogens with one attached hydrogen (secondary N) is 1. The molecule has 0 radical (unpaired) electrons. The molecule has 0 fully saturated rings. The van der Waals surface area contributed by atoms with E-state index in [2.05, 4.69) is 4.72 Å². The lowest BCUT2D eigenvalue weighted by atomic mass is 10.3. The highest BCUT2D eigenvalue weighted by Crippen LogP contribution is 2.20. The van der Waals surface area contributed by atoms with Crippen molar-refractivity contribution in [3.05, 3.63) is 24.3 Å². The summed E-state index contributed by atoms with van der Waals surface area (Å²) in [6.45, 7) is 3.93. The maximum absolute atomic E-state index is 11.8. The molecule has 0 aliphatic rings. The summed E-state index contributed by atoms with van der Waals surface area (Å²) in [5.74, 6) is -0.639. The van der Waals surface area contributed by atoms with Crippen LogP contribution in [0.1, 0.15) is 33.1 Å². The van der Waals surface area contributed by atoms with Crippen molar-refractivity contribution in [1.29, 1.82) is 0 Å². The Hall–Kier alpha value is -1.76. The number of aliphatic carboxylic acids is 1. The molecular formula is C14H21NO5S. The highest BCUT2D eigenvalue weighted by Gasteiger charge is 2.12. The Kier molecular flexibility index (Phi) is 6.48. The lowest BCUT2D eigenvalue weighted by molar-refractivity contribution is -0.137. The summed E-state index contributed by atoms with van der Waals surface area (Å²) in [6.07, 6.45) is 0.809. The molecule has 0 aliphatic carbocycles. The maximum atomic E-state index is 11.8. The number of carbonyl (C=O) groups is 1. The Morgan fingerprint density at radius 2 is 2.14 bits per heavy atom. The molecule has 0 heterocycles. The third-order valence-electron chi connectivity index (χ3n) is 2.82. The van der Waals surface area contributed by atoms with E-state index >= 15 is 0 Å². The summed E-state index contributed by atoms with van der Waals surface area (Å²) in [6, 6.07) is 6.69. The van der Waals surface area contributed by atoms with Gasteiger partial charge in [0.1, 0.15) is 5.75 Å². The minimum atomic E-state index is -3.55. The number of rotatable bonds is 9. The summed E-state index contributed by atoms with van der Waals surface area (Å²) >= 11 is 0. The van der Waals surface area contributed by atoms with E-state index in [0.717, 1.165) is 6.42 Å². The van der Waals surface area contributed by atoms with Gasteiger partial charge in [0.2, 0.25) is 10.0 Å². The summed E-state index contributed by atoms with van der Waals surface area (Å²) in [7, 11) is -3.55. The van der Waals surface area contributed by atoms with E-state index in [0.29, 0.717) is 11.4 Å². The van der Waals surface area contributed by atoms with Gasteiger partial charge in [-0.05, 0) is 31.9 Å². The number of carboxylic acids is 1. The zero-order valence-electron chi connectivity index (χ0n) is 12.2. The molecule has 1 rings (SSSR count). The summed E-state index contributed by atoms with van der Waals surface area (Å²) in [5.41, 5.74) is 0.408. The molecule has 0 spiro atoms. The van der Waals surface area contributed by atoms with Gasteiger partial charge in [0.05, 0.1) is 17.5 Å². The number of carboxylic acid groups (broad SMARTS) is 1. The van der Waals surface area contributed by atoms with E-state index in [1.165, 1.54) is 0 Å². The van der Waals surface area contributed by atoms with Crippen molar-refractivity contribution in [1.82, 2.24) is 0 Å². The van der Waals surface area contributed by atoms with Crippen LogP contribution >= 0.6 is 0 Å². The van der Waals surface area contributed by atoms with Crippen LogP contribution in [0.15, 0.2) is 24.3 Å². The second-order valence-electron chi connectivity index (χ2n) is 4.78. The first-order chi connectivity index (χ1) is 9.82. The molecule has 118 valence electrons. The lowest BCUT2D eigenvalue weighted by Gasteiger charge is -2.14. The van der Waals surface area contributed by atoms with E-state index in [4.69, 9.17) is 9.84 Å². The normalized spacial score (nSPS) is 12.7. The van der Waals surface area contributed by atoms with Gasteiger partial charge < -0.3 is 9.84 Å². The topological polar surface area (TPSA) is 92.7 Å². The van der Waals surface area contributed by atoms with Gasteiger partial charge in [-0.1, -0.05) is 13.0 Å². The van der Waals surface area contributed by atoms with Gasteiger partial charge in [-0.2, -0.15) is 0 Å². The van der Waals surface area contributed by atoms with Gasteiger partial charge in [-0.15, -0.1) is 0 Å². The molecular weight excluding hydrogens is 294 g/mol. The van der Waals surface area contributed by atoms with Gasteiger partial charge in [-0.25, -0.2) is 8.42 Å². The summed E-state index contributed by atoms with van der Waals surface area (Å²) in [4.78, 5) is 10.4. The predicted octanol–water partition coefficient (Wildman–Crippen LogP) is 2.47. The molecule has 1 aromatic rings. The molecule has 6 nitrogen and oxygen atoms in total. The molecule has 1 aromatic carbocycles. The first kappa shape index (κ1) is 17.3. The standard InChI is InChI=1S/C14H21NO5S/c1-3-11(2)20-13-7-4-6-12(10-13)15-21(18,19)9-5-8-14(16)17/h4,6-7,10-11,15H,3,5,8-9H2,1-2H3,(H,16,17). The van der Waals surface area contributed by atoms with Crippen LogP contribution in [0.25, 0.3) is 0 Å². The maximum Gasteiger partial charge on any atom is 0.303 e. The molecule has 1 unspecified atom stereocenters. The first-order valence-corrected chi connectivity index (χ1v) is 8.46. The van der Waals surface area contributed by atoms with Crippen LogP contribution in [-0.2, 0) is 14.8 Å². The monoisotopic (exact) mass is 315 g/mol. The Labute approximate surface area is 125 Å². The fraction of sp³-hybridized carbons (Fsp3) is 0.500. The van der Waals surface area contributed by atoms with E-state index < -0.39 is 16.0 Å². The van der Waals surface area contributed by atoms with Crippen LogP contribution in [0.3, 0.4) is 0 Å². The zero-order chi connectivity index (χ0) is 15.9. The third-order valence-corrected chi connectivity index (χ3v) is 4.20. The second-order valence-corrected chi connectivity index (χ2v) is 6.62. The van der Waals surface area contributed by atoms with Crippen LogP contribution in [0.2, 0.25) is 0 Å². The average Bonchev–Trinajstić information content (AvgIpc) is 2.37. The third kappa shape index (κ3) is 6.99. The van der Waals surface area contributed by atoms with Crippen molar-refractivity contribution in [3.63, 3.8) is 0 Å². The van der Waals surface area contributed by atoms with Crippen molar-refractivity contribution in [2.75, 3.05) is 10.5 Å². The van der Waals surface area contributed by atoms with Crippen LogP contribution in [0.5, 0.6) is 5.75 Å². The molecule has 0 aliphatic heterocycles. The molecule has 21 heavy (non-hydrogen) atoms. The van der Waals surface area contributed by atoms with E-state index in [9.17, 15) is 13.2 Å². The quantitative estimate of drug-likeness (QED) is 0.730. The van der Waals surface area contributed by atoms with Crippen molar-refractivity contribution >= 4 is 21.7 Å². The number of hydrogen-bond donors (Lipinski definition) is 2. The highest BCUT2D eigenvalue weighted by molar-refractivity contribution is 7.92. The SMILES string of the molecule is CCC(C)Oc1cccc(NS(=O)(=O)CCCC(=O)O)c1. The Morgan fingerprint density at radius 3 is 2.76 bits per heavy atom. The van der Waals surface area contributed by atoms with Crippen LogP contribution < -0.4 is 9.46 Å². The fourth-order valence-electron chi connectivity index (χ4n) is 1.59. The smallest absolute Gasteiger partial charge is 0.303 e. The number of anilines is 1. The van der Waals surface area contributed by atoms with Crippen LogP contribution in [-0.4, -0.2) is 31.4 Å². The largest absolute Gasteiger partial charge is 0.491 e. The zero-order valence-corrected chi connectivity index (χ0v) is 13.0. The Morgan fingerprint density at radius 1 is 1.43 bits per heavy atom. The van der Waals surface area contributed by atoms with Crippen molar-refractivity contribution in [3.8, 4) is 5.75 Å². The van der Waals surface area contributed by atoms with E-state index in [1.807, 2.05) is 13.8 Å². The molecule has 7 heteroatoms. The molecule has 0 saturated carbocycles. The Balaban J connectivity index is 2.65.